The lowest BCUT2D eigenvalue weighted by Gasteiger charge is -2.07. The first-order valence-corrected chi connectivity index (χ1v) is 4.64. The number of halogens is 1. The predicted molar refractivity (Wildman–Crippen MR) is 57.5 cm³/mol. The zero-order valence-corrected chi connectivity index (χ0v) is 7.83. The van der Waals surface area contributed by atoms with Crippen molar-refractivity contribution in [3.63, 3.8) is 0 Å². The van der Waals surface area contributed by atoms with Crippen molar-refractivity contribution in [2.75, 3.05) is 0 Å². The zero-order valence-electron chi connectivity index (χ0n) is 7.83. The van der Waals surface area contributed by atoms with E-state index < -0.39 is 6.17 Å². The van der Waals surface area contributed by atoms with Gasteiger partial charge in [-0.1, -0.05) is 18.7 Å². The van der Waals surface area contributed by atoms with Crippen LogP contribution in [0.4, 0.5) is 4.39 Å². The molecule has 1 aliphatic rings. The molecular weight excluding hydrogens is 177 g/mol. The van der Waals surface area contributed by atoms with Crippen LogP contribution in [0.3, 0.4) is 0 Å². The zero-order chi connectivity index (χ0) is 9.97. The Morgan fingerprint density at radius 2 is 2.36 bits per heavy atom. The van der Waals surface area contributed by atoms with Crippen LogP contribution in [0.1, 0.15) is 17.8 Å². The Labute approximate surface area is 82.7 Å². The molecule has 0 saturated carbocycles. The molecule has 0 amide bonds. The Kier molecular flexibility index (Phi) is 2.35. The van der Waals surface area contributed by atoms with Gasteiger partial charge in [0.15, 0.2) is 0 Å². The average molecular weight is 189 g/mol. The first-order valence-electron chi connectivity index (χ1n) is 4.64. The van der Waals surface area contributed by atoms with Gasteiger partial charge in [-0.3, -0.25) is 0 Å². The van der Waals surface area contributed by atoms with Gasteiger partial charge in [-0.05, 0) is 29.9 Å². The van der Waals surface area contributed by atoms with Gasteiger partial charge in [0.2, 0.25) is 0 Å². The van der Waals surface area contributed by atoms with Crippen LogP contribution in [-0.2, 0) is 0 Å². The summed E-state index contributed by atoms with van der Waals surface area (Å²) in [6, 6.07) is 3.93. The van der Waals surface area contributed by atoms with Crippen molar-refractivity contribution in [1.82, 2.24) is 4.98 Å². The van der Waals surface area contributed by atoms with Crippen molar-refractivity contribution < 1.29 is 4.39 Å². The van der Waals surface area contributed by atoms with E-state index in [0.717, 1.165) is 17.0 Å². The van der Waals surface area contributed by atoms with Gasteiger partial charge in [0.05, 0.1) is 0 Å². The van der Waals surface area contributed by atoms with Crippen LogP contribution in [0, 0.1) is 0 Å². The summed E-state index contributed by atoms with van der Waals surface area (Å²) in [7, 11) is 0. The topological polar surface area (TPSA) is 15.8 Å². The average Bonchev–Trinajstić information content (AvgIpc) is 2.67. The first kappa shape index (κ1) is 9.00. The third-order valence-electron chi connectivity index (χ3n) is 2.29. The number of H-pyrrole nitrogens is 1. The fraction of sp³-hybridized carbons (Fsp3) is 0.167. The van der Waals surface area contributed by atoms with Gasteiger partial charge < -0.3 is 4.98 Å². The van der Waals surface area contributed by atoms with E-state index in [1.54, 1.807) is 12.2 Å². The summed E-state index contributed by atoms with van der Waals surface area (Å²) in [6.45, 7) is 3.67. The molecule has 0 bridgehead atoms. The molecule has 0 fully saturated rings. The fourth-order valence-electron chi connectivity index (χ4n) is 1.49. The smallest absolute Gasteiger partial charge is 0.122 e. The van der Waals surface area contributed by atoms with E-state index in [0.29, 0.717) is 6.42 Å². The summed E-state index contributed by atoms with van der Waals surface area (Å²) >= 11 is 0. The molecule has 1 N–H and O–H groups in total. The van der Waals surface area contributed by atoms with E-state index in [9.17, 15) is 4.39 Å². The molecule has 0 aromatic carbocycles. The number of rotatable bonds is 2. The summed E-state index contributed by atoms with van der Waals surface area (Å²) in [4.78, 5) is 3.19. The maximum absolute atomic E-state index is 12.8. The van der Waals surface area contributed by atoms with Crippen molar-refractivity contribution in [3.8, 4) is 0 Å². The molecule has 0 radical (unpaired) electrons. The second-order valence-electron chi connectivity index (χ2n) is 3.30. The molecule has 1 aliphatic carbocycles. The summed E-state index contributed by atoms with van der Waals surface area (Å²) in [6.07, 6.45) is 6.70. The lowest BCUT2D eigenvalue weighted by molar-refractivity contribution is 0.402. The number of aromatic nitrogens is 1. The van der Waals surface area contributed by atoms with E-state index in [1.165, 1.54) is 0 Å². The molecule has 1 unspecified atom stereocenters. The van der Waals surface area contributed by atoms with Gasteiger partial charge in [0.25, 0.3) is 0 Å². The molecule has 0 spiro atoms. The molecule has 72 valence electrons. The van der Waals surface area contributed by atoms with E-state index >= 15 is 0 Å². The van der Waals surface area contributed by atoms with Crippen molar-refractivity contribution in [2.45, 2.75) is 12.6 Å². The van der Waals surface area contributed by atoms with Crippen molar-refractivity contribution >= 4 is 11.6 Å². The molecule has 0 aliphatic heterocycles. The number of allylic oxidation sites excluding steroid dienone is 4. The van der Waals surface area contributed by atoms with E-state index in [4.69, 9.17) is 0 Å². The number of nitrogens with one attached hydrogen (secondary N) is 1. The van der Waals surface area contributed by atoms with Gasteiger partial charge in [0, 0.05) is 17.8 Å². The van der Waals surface area contributed by atoms with Crippen LogP contribution >= 0.6 is 0 Å². The standard InChI is InChI=1S/C12H12FN/c1-2-11-7-8-12(14-11)9-3-5-10(13)6-4-9/h2-5,7-8,10,14H,1,6H2. The number of hydrogen-bond acceptors (Lipinski definition) is 0. The van der Waals surface area contributed by atoms with Crippen LogP contribution in [0.2, 0.25) is 0 Å². The second kappa shape index (κ2) is 3.66. The Hall–Kier alpha value is -1.57. The maximum atomic E-state index is 12.8. The third-order valence-corrected chi connectivity index (χ3v) is 2.29. The summed E-state index contributed by atoms with van der Waals surface area (Å²) in [5.41, 5.74) is 3.05. The molecule has 2 rings (SSSR count). The van der Waals surface area contributed by atoms with E-state index in [1.807, 2.05) is 24.3 Å². The summed E-state index contributed by atoms with van der Waals surface area (Å²) < 4.78 is 12.8. The predicted octanol–water partition coefficient (Wildman–Crippen LogP) is 3.34. The highest BCUT2D eigenvalue weighted by atomic mass is 19.1. The van der Waals surface area contributed by atoms with Crippen molar-refractivity contribution in [1.29, 1.82) is 0 Å². The molecule has 1 aromatic heterocycles. The lowest BCUT2D eigenvalue weighted by Crippen LogP contribution is -1.98. The Bertz CT molecular complexity index is 398. The molecule has 1 heterocycles. The van der Waals surface area contributed by atoms with Crippen LogP contribution in [0.5, 0.6) is 0 Å². The van der Waals surface area contributed by atoms with Crippen molar-refractivity contribution in [3.05, 3.63) is 48.3 Å². The molecule has 1 atom stereocenters. The van der Waals surface area contributed by atoms with Gasteiger partial charge in [0.1, 0.15) is 6.17 Å². The fourth-order valence-corrected chi connectivity index (χ4v) is 1.49. The normalized spacial score (nSPS) is 20.6. The highest BCUT2D eigenvalue weighted by Gasteiger charge is 2.08. The highest BCUT2D eigenvalue weighted by molar-refractivity contribution is 5.73. The van der Waals surface area contributed by atoms with Crippen LogP contribution < -0.4 is 0 Å². The van der Waals surface area contributed by atoms with Crippen molar-refractivity contribution in [2.24, 2.45) is 0 Å². The van der Waals surface area contributed by atoms with Gasteiger partial charge >= 0.3 is 0 Å². The minimum Gasteiger partial charge on any atom is -0.355 e. The van der Waals surface area contributed by atoms with E-state index in [-0.39, 0.29) is 0 Å². The Morgan fingerprint density at radius 3 is 2.93 bits per heavy atom. The largest absolute Gasteiger partial charge is 0.355 e. The van der Waals surface area contributed by atoms with Gasteiger partial charge in [-0.15, -0.1) is 0 Å². The van der Waals surface area contributed by atoms with Crippen LogP contribution in [-0.4, -0.2) is 11.2 Å². The van der Waals surface area contributed by atoms with E-state index in [2.05, 4.69) is 11.6 Å². The first-order chi connectivity index (χ1) is 6.79. The van der Waals surface area contributed by atoms with Crippen LogP contribution in [0.15, 0.2) is 36.9 Å². The molecule has 2 heteroatoms. The SMILES string of the molecule is C=Cc1ccc(C2=CCC(F)C=C2)[nH]1. The Balaban J connectivity index is 2.24. The maximum Gasteiger partial charge on any atom is 0.122 e. The lowest BCUT2D eigenvalue weighted by atomic mass is 10.0. The molecular formula is C12H12FN. The molecule has 1 nitrogen and oxygen atoms in total. The summed E-state index contributed by atoms with van der Waals surface area (Å²) in [5, 5.41) is 0. The minimum absolute atomic E-state index is 0.467. The molecule has 14 heavy (non-hydrogen) atoms. The Morgan fingerprint density at radius 1 is 1.50 bits per heavy atom. The molecule has 1 aromatic rings. The number of hydrogen-bond donors (Lipinski definition) is 1. The molecule has 0 saturated heterocycles. The summed E-state index contributed by atoms with van der Waals surface area (Å²) in [5.74, 6) is 0. The highest BCUT2D eigenvalue weighted by Crippen LogP contribution is 2.22. The second-order valence-corrected chi connectivity index (χ2v) is 3.30. The van der Waals surface area contributed by atoms with Gasteiger partial charge in [-0.2, -0.15) is 0 Å². The van der Waals surface area contributed by atoms with Gasteiger partial charge in [-0.25, -0.2) is 4.39 Å². The monoisotopic (exact) mass is 189 g/mol. The third kappa shape index (κ3) is 1.69. The van der Waals surface area contributed by atoms with Crippen LogP contribution in [0.25, 0.3) is 11.6 Å². The minimum atomic E-state index is -0.826. The number of alkyl halides is 1. The quantitative estimate of drug-likeness (QED) is 0.734. The number of aromatic amines is 1.